The van der Waals surface area contributed by atoms with E-state index >= 15 is 0 Å². The molecule has 0 aromatic rings. The van der Waals surface area contributed by atoms with Crippen molar-refractivity contribution in [3.8, 4) is 0 Å². The van der Waals surface area contributed by atoms with Crippen LogP contribution in [0.3, 0.4) is 0 Å². The van der Waals surface area contributed by atoms with E-state index in [1.165, 1.54) is 38.1 Å². The van der Waals surface area contributed by atoms with Gasteiger partial charge >= 0.3 is 0 Å². The molecule has 2 rings (SSSR count). The quantitative estimate of drug-likeness (QED) is 0.720. The van der Waals surface area contributed by atoms with Crippen molar-refractivity contribution in [1.82, 2.24) is 4.90 Å². The molecule has 1 saturated carbocycles. The van der Waals surface area contributed by atoms with E-state index < -0.39 is 0 Å². The highest BCUT2D eigenvalue weighted by Crippen LogP contribution is 2.33. The molecule has 0 spiro atoms. The molecule has 1 heterocycles. The molecule has 3 heteroatoms. The standard InChI is InChI=1S/C11H22N2S/c1-11(2)3-4-13(5-6-14-11)10-7-9(12)8-10/h9-10H,3-8,12H2,1-2H3. The van der Waals surface area contributed by atoms with Gasteiger partial charge in [-0.1, -0.05) is 13.8 Å². The first kappa shape index (κ1) is 10.8. The smallest absolute Gasteiger partial charge is 0.0125 e. The Hall–Kier alpha value is 0.270. The van der Waals surface area contributed by atoms with E-state index in [9.17, 15) is 0 Å². The van der Waals surface area contributed by atoms with Gasteiger partial charge in [0.05, 0.1) is 0 Å². The molecule has 0 aromatic heterocycles. The van der Waals surface area contributed by atoms with Gasteiger partial charge in [-0.2, -0.15) is 11.8 Å². The highest BCUT2D eigenvalue weighted by Gasteiger charge is 2.33. The summed E-state index contributed by atoms with van der Waals surface area (Å²) in [7, 11) is 0. The second-order valence-corrected chi connectivity index (χ2v) is 7.08. The third-order valence-corrected chi connectivity index (χ3v) is 4.91. The van der Waals surface area contributed by atoms with Crippen molar-refractivity contribution in [3.63, 3.8) is 0 Å². The molecule has 0 aromatic carbocycles. The summed E-state index contributed by atoms with van der Waals surface area (Å²) in [6, 6.07) is 1.29. The Morgan fingerprint density at radius 2 is 2.00 bits per heavy atom. The zero-order chi connectivity index (χ0) is 10.2. The van der Waals surface area contributed by atoms with Gasteiger partial charge in [-0.3, -0.25) is 4.90 Å². The fraction of sp³-hybridized carbons (Fsp3) is 1.00. The molecule has 2 fully saturated rings. The Morgan fingerprint density at radius 3 is 2.64 bits per heavy atom. The molecule has 1 saturated heterocycles. The van der Waals surface area contributed by atoms with Crippen molar-refractivity contribution < 1.29 is 0 Å². The monoisotopic (exact) mass is 214 g/mol. The molecular weight excluding hydrogens is 192 g/mol. The second-order valence-electron chi connectivity index (χ2n) is 5.28. The number of thioether (sulfide) groups is 1. The zero-order valence-electron chi connectivity index (χ0n) is 9.33. The molecule has 0 unspecified atom stereocenters. The van der Waals surface area contributed by atoms with Gasteiger partial charge in [-0.15, -0.1) is 0 Å². The van der Waals surface area contributed by atoms with Crippen LogP contribution in [-0.4, -0.2) is 40.6 Å². The molecule has 2 nitrogen and oxygen atoms in total. The molecule has 0 amide bonds. The Kier molecular flexibility index (Phi) is 3.10. The van der Waals surface area contributed by atoms with Gasteiger partial charge in [0.25, 0.3) is 0 Å². The number of nitrogens with zero attached hydrogens (tertiary/aromatic N) is 1. The normalized spacial score (nSPS) is 38.8. The fourth-order valence-corrected chi connectivity index (χ4v) is 3.44. The van der Waals surface area contributed by atoms with Gasteiger partial charge in [0.1, 0.15) is 0 Å². The van der Waals surface area contributed by atoms with Crippen LogP contribution in [0.2, 0.25) is 0 Å². The van der Waals surface area contributed by atoms with Crippen LogP contribution in [0.25, 0.3) is 0 Å². The fourth-order valence-electron chi connectivity index (χ4n) is 2.33. The second kappa shape index (κ2) is 4.03. The van der Waals surface area contributed by atoms with Crippen molar-refractivity contribution in [3.05, 3.63) is 0 Å². The Balaban J connectivity index is 1.84. The lowest BCUT2D eigenvalue weighted by Gasteiger charge is -2.41. The number of hydrogen-bond acceptors (Lipinski definition) is 3. The van der Waals surface area contributed by atoms with Gasteiger partial charge in [-0.05, 0) is 25.8 Å². The Bertz CT molecular complexity index is 199. The van der Waals surface area contributed by atoms with Crippen molar-refractivity contribution in [2.75, 3.05) is 18.8 Å². The van der Waals surface area contributed by atoms with Crippen LogP contribution in [0.4, 0.5) is 0 Å². The maximum absolute atomic E-state index is 5.84. The van der Waals surface area contributed by atoms with Crippen LogP contribution in [0.1, 0.15) is 33.1 Å². The van der Waals surface area contributed by atoms with E-state index in [1.807, 2.05) is 0 Å². The minimum Gasteiger partial charge on any atom is -0.328 e. The van der Waals surface area contributed by atoms with E-state index in [4.69, 9.17) is 5.73 Å². The van der Waals surface area contributed by atoms with Gasteiger partial charge in [0, 0.05) is 29.1 Å². The molecule has 82 valence electrons. The summed E-state index contributed by atoms with van der Waals surface area (Å²) in [5.41, 5.74) is 5.84. The Morgan fingerprint density at radius 1 is 1.29 bits per heavy atom. The van der Waals surface area contributed by atoms with Crippen LogP contribution in [0, 0.1) is 0 Å². The number of nitrogens with two attached hydrogens (primary N) is 1. The molecule has 1 aliphatic carbocycles. The van der Waals surface area contributed by atoms with Crippen LogP contribution in [-0.2, 0) is 0 Å². The van der Waals surface area contributed by atoms with Gasteiger partial charge < -0.3 is 5.73 Å². The highest BCUT2D eigenvalue weighted by molar-refractivity contribution is 8.00. The van der Waals surface area contributed by atoms with Crippen LogP contribution >= 0.6 is 11.8 Å². The first-order chi connectivity index (χ1) is 6.57. The van der Waals surface area contributed by atoms with Crippen molar-refractivity contribution >= 4 is 11.8 Å². The van der Waals surface area contributed by atoms with Crippen molar-refractivity contribution in [1.29, 1.82) is 0 Å². The minimum atomic E-state index is 0.487. The minimum absolute atomic E-state index is 0.487. The molecule has 2 N–H and O–H groups in total. The third kappa shape index (κ3) is 2.44. The lowest BCUT2D eigenvalue weighted by atomic mass is 9.86. The lowest BCUT2D eigenvalue weighted by molar-refractivity contribution is 0.116. The first-order valence-electron chi connectivity index (χ1n) is 5.70. The van der Waals surface area contributed by atoms with Gasteiger partial charge in [0.2, 0.25) is 0 Å². The van der Waals surface area contributed by atoms with Crippen LogP contribution in [0.5, 0.6) is 0 Å². The summed E-state index contributed by atoms with van der Waals surface area (Å²) in [5.74, 6) is 1.29. The average molecular weight is 214 g/mol. The maximum atomic E-state index is 5.84. The molecule has 0 atom stereocenters. The molecule has 14 heavy (non-hydrogen) atoms. The Labute approximate surface area is 91.6 Å². The predicted octanol–water partition coefficient (Wildman–Crippen LogP) is 1.69. The molecule has 0 bridgehead atoms. The zero-order valence-corrected chi connectivity index (χ0v) is 10.1. The van der Waals surface area contributed by atoms with E-state index in [0.29, 0.717) is 10.8 Å². The summed E-state index contributed by atoms with van der Waals surface area (Å²) < 4.78 is 0.487. The summed E-state index contributed by atoms with van der Waals surface area (Å²) in [5, 5.41) is 0. The summed E-state index contributed by atoms with van der Waals surface area (Å²) in [4.78, 5) is 2.66. The summed E-state index contributed by atoms with van der Waals surface area (Å²) >= 11 is 2.12. The first-order valence-corrected chi connectivity index (χ1v) is 6.69. The van der Waals surface area contributed by atoms with E-state index in [-0.39, 0.29) is 0 Å². The lowest BCUT2D eigenvalue weighted by Crippen LogP contribution is -2.51. The highest BCUT2D eigenvalue weighted by atomic mass is 32.2. The maximum Gasteiger partial charge on any atom is 0.0125 e. The van der Waals surface area contributed by atoms with Gasteiger partial charge in [0.15, 0.2) is 0 Å². The predicted molar refractivity (Wildman–Crippen MR) is 63.7 cm³/mol. The van der Waals surface area contributed by atoms with Crippen molar-refractivity contribution in [2.45, 2.75) is 49.9 Å². The van der Waals surface area contributed by atoms with E-state index in [2.05, 4.69) is 30.5 Å². The molecule has 0 radical (unpaired) electrons. The van der Waals surface area contributed by atoms with Crippen LogP contribution < -0.4 is 5.73 Å². The third-order valence-electron chi connectivity index (χ3n) is 3.54. The molecule has 1 aliphatic heterocycles. The van der Waals surface area contributed by atoms with E-state index in [0.717, 1.165) is 6.04 Å². The number of rotatable bonds is 1. The van der Waals surface area contributed by atoms with Crippen molar-refractivity contribution in [2.24, 2.45) is 5.73 Å². The largest absolute Gasteiger partial charge is 0.328 e. The molecular formula is C11H22N2S. The topological polar surface area (TPSA) is 29.3 Å². The molecule has 2 aliphatic rings. The summed E-state index contributed by atoms with van der Waals surface area (Å²) in [6.45, 7) is 7.28. The van der Waals surface area contributed by atoms with Crippen LogP contribution in [0.15, 0.2) is 0 Å². The summed E-state index contributed by atoms with van der Waals surface area (Å²) in [6.07, 6.45) is 3.78. The number of hydrogen-bond donors (Lipinski definition) is 1. The van der Waals surface area contributed by atoms with Gasteiger partial charge in [-0.25, -0.2) is 0 Å². The SMILES string of the molecule is CC1(C)CCN(C2CC(N)C2)CCS1. The van der Waals surface area contributed by atoms with E-state index in [1.54, 1.807) is 0 Å². The average Bonchev–Trinajstić information content (AvgIpc) is 2.21.